The van der Waals surface area contributed by atoms with Crippen molar-refractivity contribution in [2.24, 2.45) is 0 Å². The van der Waals surface area contributed by atoms with Crippen LogP contribution in [0.3, 0.4) is 0 Å². The van der Waals surface area contributed by atoms with Gasteiger partial charge in [-0.15, -0.1) is 24.5 Å². The molecule has 3 heterocycles. The first-order valence-corrected chi connectivity index (χ1v) is 11.0. The number of alkyl halides is 6. The lowest BCUT2D eigenvalue weighted by atomic mass is 10.2. The Bertz CT molecular complexity index is 1410. The van der Waals surface area contributed by atoms with Gasteiger partial charge in [0.2, 0.25) is 5.95 Å². The van der Waals surface area contributed by atoms with Gasteiger partial charge >= 0.3 is 12.5 Å². The Morgan fingerprint density at radius 2 is 1.70 bits per heavy atom. The quantitative estimate of drug-likeness (QED) is 0.280. The van der Waals surface area contributed by atoms with Crippen molar-refractivity contribution in [3.63, 3.8) is 0 Å². The maximum Gasteiger partial charge on any atom is 0.573 e. The number of amides is 1. The van der Waals surface area contributed by atoms with Crippen molar-refractivity contribution in [3.8, 4) is 16.3 Å². The van der Waals surface area contributed by atoms with Crippen molar-refractivity contribution in [1.29, 1.82) is 0 Å². The number of aromatic nitrogens is 4. The molecule has 4 rings (SSSR count). The summed E-state index contributed by atoms with van der Waals surface area (Å²) in [5.41, 5.74) is -1.03. The van der Waals surface area contributed by atoms with Crippen LogP contribution in [0.5, 0.6) is 5.75 Å². The summed E-state index contributed by atoms with van der Waals surface area (Å²) in [5.74, 6) is -1.53. The molecule has 0 radical (unpaired) electrons. The Balaban J connectivity index is 1.59. The second kappa shape index (κ2) is 10.0. The Morgan fingerprint density at radius 3 is 2.32 bits per heavy atom. The van der Waals surface area contributed by atoms with Crippen molar-refractivity contribution < 1.29 is 35.9 Å². The highest BCUT2D eigenvalue weighted by Crippen LogP contribution is 2.38. The van der Waals surface area contributed by atoms with Gasteiger partial charge < -0.3 is 15.4 Å². The van der Waals surface area contributed by atoms with Gasteiger partial charge in [-0.05, 0) is 43.3 Å². The fourth-order valence-corrected chi connectivity index (χ4v) is 4.00. The molecule has 0 saturated carbocycles. The summed E-state index contributed by atoms with van der Waals surface area (Å²) >= 11 is 0.736. The van der Waals surface area contributed by atoms with Crippen LogP contribution in [-0.2, 0) is 6.18 Å². The normalized spacial score (nSPS) is 11.8. The number of nitrogens with one attached hydrogen (secondary N) is 2. The number of hydrogen-bond donors (Lipinski definition) is 2. The molecule has 0 atom stereocenters. The molecule has 3 aromatic heterocycles. The van der Waals surface area contributed by atoms with Gasteiger partial charge in [0, 0.05) is 18.1 Å². The maximum atomic E-state index is 13.9. The highest BCUT2D eigenvalue weighted by atomic mass is 32.1. The number of anilines is 3. The fraction of sp³-hybridized carbons (Fsp3) is 0.136. The summed E-state index contributed by atoms with van der Waals surface area (Å²) in [6, 6.07) is 7.47. The number of pyridine rings is 1. The van der Waals surface area contributed by atoms with E-state index in [1.54, 1.807) is 12.1 Å². The van der Waals surface area contributed by atoms with E-state index in [9.17, 15) is 31.1 Å². The van der Waals surface area contributed by atoms with E-state index in [2.05, 4.69) is 35.3 Å². The average Bonchev–Trinajstić information content (AvgIpc) is 3.21. The second-order valence-corrected chi connectivity index (χ2v) is 8.28. The van der Waals surface area contributed by atoms with Gasteiger partial charge in [-0.2, -0.15) is 13.2 Å². The molecule has 0 aliphatic rings. The van der Waals surface area contributed by atoms with Crippen LogP contribution in [0.15, 0.2) is 55.0 Å². The van der Waals surface area contributed by atoms with E-state index in [0.717, 1.165) is 41.8 Å². The summed E-state index contributed by atoms with van der Waals surface area (Å²) in [6.07, 6.45) is -5.96. The van der Waals surface area contributed by atoms with Crippen LogP contribution >= 0.6 is 11.3 Å². The molecule has 1 amide bonds. The van der Waals surface area contributed by atoms with E-state index in [1.165, 1.54) is 19.3 Å². The molecule has 0 unspecified atom stereocenters. The summed E-state index contributed by atoms with van der Waals surface area (Å²) in [5, 5.41) is 4.97. The number of thiazole rings is 1. The summed E-state index contributed by atoms with van der Waals surface area (Å²) < 4.78 is 82.2. The Kier molecular flexibility index (Phi) is 6.98. The SMILES string of the molecule is Cc1nc(-c2cnc(Nc3ccc(OC(F)(F)F)cc3)nc2C(F)(F)F)sc1C(=O)Nc1cccnc1. The molecule has 0 fully saturated rings. The van der Waals surface area contributed by atoms with Gasteiger partial charge in [-0.25, -0.2) is 15.0 Å². The summed E-state index contributed by atoms with van der Waals surface area (Å²) in [4.78, 5) is 28.1. The van der Waals surface area contributed by atoms with Crippen LogP contribution < -0.4 is 15.4 Å². The molecule has 0 aliphatic carbocycles. The van der Waals surface area contributed by atoms with Gasteiger partial charge in [0.1, 0.15) is 15.6 Å². The predicted octanol–water partition coefficient (Wildman–Crippen LogP) is 6.22. The van der Waals surface area contributed by atoms with Crippen LogP contribution in [-0.4, -0.2) is 32.2 Å². The molecular weight excluding hydrogens is 526 g/mol. The van der Waals surface area contributed by atoms with Crippen LogP contribution in [0.2, 0.25) is 0 Å². The molecule has 0 bridgehead atoms. The summed E-state index contributed by atoms with van der Waals surface area (Å²) in [6.45, 7) is 1.48. The fourth-order valence-electron chi connectivity index (χ4n) is 3.03. The molecule has 4 aromatic rings. The Labute approximate surface area is 208 Å². The lowest BCUT2D eigenvalue weighted by Crippen LogP contribution is -2.17. The van der Waals surface area contributed by atoms with Crippen LogP contribution in [0.1, 0.15) is 21.1 Å². The van der Waals surface area contributed by atoms with Crippen molar-refractivity contribution in [2.75, 3.05) is 10.6 Å². The van der Waals surface area contributed by atoms with E-state index in [1.807, 2.05) is 0 Å². The Morgan fingerprint density at radius 1 is 0.973 bits per heavy atom. The minimum absolute atomic E-state index is 0.0929. The highest BCUT2D eigenvalue weighted by Gasteiger charge is 2.38. The molecule has 8 nitrogen and oxygen atoms in total. The summed E-state index contributed by atoms with van der Waals surface area (Å²) in [7, 11) is 0. The third kappa shape index (κ3) is 6.49. The van der Waals surface area contributed by atoms with Gasteiger partial charge in [-0.3, -0.25) is 9.78 Å². The lowest BCUT2D eigenvalue weighted by molar-refractivity contribution is -0.274. The van der Waals surface area contributed by atoms with Crippen molar-refractivity contribution in [1.82, 2.24) is 19.9 Å². The monoisotopic (exact) mass is 540 g/mol. The first-order valence-electron chi connectivity index (χ1n) is 10.2. The zero-order valence-corrected chi connectivity index (χ0v) is 19.3. The largest absolute Gasteiger partial charge is 0.573 e. The number of hydrogen-bond acceptors (Lipinski definition) is 8. The molecule has 15 heteroatoms. The molecule has 0 aliphatic heterocycles. The standard InChI is InChI=1S/C22H14F6N6O2S/c1-11-16(18(35)32-13-3-2-8-29-9-13)37-19(31-11)15-10-30-20(34-17(15)21(23,24)25)33-12-4-6-14(7-5-12)36-22(26,27)28/h2-10H,1H3,(H,32,35)(H,30,33,34). The van der Waals surface area contributed by atoms with Crippen molar-refractivity contribution in [3.05, 3.63) is 71.3 Å². The molecular formula is C22H14F6N6O2S. The van der Waals surface area contributed by atoms with E-state index >= 15 is 0 Å². The maximum absolute atomic E-state index is 13.9. The van der Waals surface area contributed by atoms with E-state index < -0.39 is 41.4 Å². The van der Waals surface area contributed by atoms with Crippen molar-refractivity contribution >= 4 is 34.6 Å². The molecule has 0 spiro atoms. The number of nitrogens with zero attached hydrogens (tertiary/aromatic N) is 4. The number of rotatable bonds is 6. The van der Waals surface area contributed by atoms with Crippen LogP contribution in [0.25, 0.3) is 10.6 Å². The molecule has 2 N–H and O–H groups in total. The first kappa shape index (κ1) is 25.8. The van der Waals surface area contributed by atoms with E-state index in [-0.39, 0.29) is 21.3 Å². The number of carbonyl (C=O) groups excluding carboxylic acids is 1. The average molecular weight is 540 g/mol. The van der Waals surface area contributed by atoms with Gasteiger partial charge in [0.15, 0.2) is 5.69 Å². The van der Waals surface area contributed by atoms with Gasteiger partial charge in [0.25, 0.3) is 5.91 Å². The zero-order valence-electron chi connectivity index (χ0n) is 18.5. The third-order valence-corrected chi connectivity index (χ3v) is 5.74. The lowest BCUT2D eigenvalue weighted by Gasteiger charge is -2.13. The highest BCUT2D eigenvalue weighted by molar-refractivity contribution is 7.17. The van der Waals surface area contributed by atoms with Gasteiger partial charge in [-0.1, -0.05) is 0 Å². The number of aryl methyl sites for hydroxylation is 1. The topological polar surface area (TPSA) is 102 Å². The molecule has 192 valence electrons. The van der Waals surface area contributed by atoms with E-state index in [4.69, 9.17) is 0 Å². The van der Waals surface area contributed by atoms with Crippen LogP contribution in [0.4, 0.5) is 43.7 Å². The minimum Gasteiger partial charge on any atom is -0.406 e. The molecule has 0 saturated heterocycles. The number of carbonyl (C=O) groups is 1. The number of benzene rings is 1. The minimum atomic E-state index is -4.91. The predicted molar refractivity (Wildman–Crippen MR) is 121 cm³/mol. The Hall–Kier alpha value is -4.27. The second-order valence-electron chi connectivity index (χ2n) is 7.28. The smallest absolute Gasteiger partial charge is 0.406 e. The van der Waals surface area contributed by atoms with E-state index in [0.29, 0.717) is 5.69 Å². The van der Waals surface area contributed by atoms with Crippen LogP contribution in [0, 0.1) is 6.92 Å². The van der Waals surface area contributed by atoms with Gasteiger partial charge in [0.05, 0.1) is 23.1 Å². The van der Waals surface area contributed by atoms with Crippen molar-refractivity contribution in [2.45, 2.75) is 19.5 Å². The molecule has 1 aromatic carbocycles. The number of halogens is 6. The zero-order chi connectivity index (χ0) is 26.8. The third-order valence-electron chi connectivity index (χ3n) is 4.55. The number of ether oxygens (including phenoxy) is 1. The first-order chi connectivity index (χ1) is 17.4. The molecule has 37 heavy (non-hydrogen) atoms.